The summed E-state index contributed by atoms with van der Waals surface area (Å²) in [6.45, 7) is 5.56. The molecule has 35 heavy (non-hydrogen) atoms. The first-order valence-electron chi connectivity index (χ1n) is 11.9. The Kier molecular flexibility index (Phi) is 6.69. The third-order valence-corrected chi connectivity index (χ3v) is 6.62. The van der Waals surface area contributed by atoms with Crippen LogP contribution in [0.4, 0.5) is 4.39 Å². The number of primary amides is 1. The number of nitrogens with one attached hydrogen (secondary N) is 1. The van der Waals surface area contributed by atoms with E-state index in [2.05, 4.69) is 5.32 Å². The number of fused-ring (bicyclic) bond motifs is 1. The van der Waals surface area contributed by atoms with Crippen LogP contribution in [0.2, 0.25) is 0 Å². The largest absolute Gasteiger partial charge is 0.488 e. The first kappa shape index (κ1) is 24.5. The van der Waals surface area contributed by atoms with Gasteiger partial charge in [-0.25, -0.2) is 4.39 Å². The molecule has 8 nitrogen and oxygen atoms in total. The summed E-state index contributed by atoms with van der Waals surface area (Å²) in [4.78, 5) is 39.2. The summed E-state index contributed by atoms with van der Waals surface area (Å²) < 4.78 is 22.8. The molecule has 0 spiro atoms. The van der Waals surface area contributed by atoms with Gasteiger partial charge in [-0.2, -0.15) is 0 Å². The molecule has 0 radical (unpaired) electrons. The van der Waals surface area contributed by atoms with Gasteiger partial charge in [0.1, 0.15) is 11.2 Å². The van der Waals surface area contributed by atoms with E-state index in [1.807, 2.05) is 26.8 Å². The van der Waals surface area contributed by atoms with Crippen molar-refractivity contribution >= 4 is 22.7 Å². The topological polar surface area (TPSA) is 108 Å². The van der Waals surface area contributed by atoms with Gasteiger partial charge in [-0.1, -0.05) is 13.3 Å². The van der Waals surface area contributed by atoms with Crippen molar-refractivity contribution in [2.75, 3.05) is 0 Å². The van der Waals surface area contributed by atoms with E-state index in [9.17, 15) is 18.8 Å². The molecule has 1 unspecified atom stereocenters. The lowest BCUT2D eigenvalue weighted by Gasteiger charge is -2.19. The molecule has 1 aliphatic carbocycles. The molecular weight excluding hydrogens is 451 g/mol. The number of hydrogen-bond donors (Lipinski definition) is 2. The number of aryl methyl sites for hydroxylation is 2. The molecule has 4 rings (SSSR count). The monoisotopic (exact) mass is 482 g/mol. The van der Waals surface area contributed by atoms with Crippen molar-refractivity contribution in [3.63, 3.8) is 0 Å². The van der Waals surface area contributed by atoms with Crippen molar-refractivity contribution in [3.8, 4) is 11.4 Å². The molecule has 2 atom stereocenters. The molecule has 1 fully saturated rings. The standard InChI is InChI=1S/C26H31FN4O4/c1-5-16-13-20-21(26(34)31(16)17-11-9-15(27)10-12-17)23(35-14(2)3)22(30(20)4)25(33)29-19-8-6-7-18(19)24(28)32/h9-14,18-19H,5-8H2,1-4H3,(H2,28,32)(H,29,33)/t18?,19-/m0/s1. The molecule has 9 heteroatoms. The van der Waals surface area contributed by atoms with Gasteiger partial charge in [0.25, 0.3) is 11.5 Å². The Hall–Kier alpha value is -3.62. The van der Waals surface area contributed by atoms with Gasteiger partial charge in [0.2, 0.25) is 5.91 Å². The molecule has 2 heterocycles. The number of hydrogen-bond acceptors (Lipinski definition) is 4. The lowest BCUT2D eigenvalue weighted by Crippen LogP contribution is -2.42. The minimum atomic E-state index is -0.432. The van der Waals surface area contributed by atoms with Crippen molar-refractivity contribution < 1.29 is 18.7 Å². The van der Waals surface area contributed by atoms with Crippen LogP contribution >= 0.6 is 0 Å². The van der Waals surface area contributed by atoms with Crippen LogP contribution in [0.5, 0.6) is 5.75 Å². The summed E-state index contributed by atoms with van der Waals surface area (Å²) >= 11 is 0. The maximum atomic E-state index is 13.9. The zero-order valence-corrected chi connectivity index (χ0v) is 20.4. The fourth-order valence-corrected chi connectivity index (χ4v) is 4.96. The highest BCUT2D eigenvalue weighted by atomic mass is 19.1. The molecule has 0 bridgehead atoms. The minimum Gasteiger partial charge on any atom is -0.488 e. The lowest BCUT2D eigenvalue weighted by atomic mass is 10.0. The number of carbonyl (C=O) groups excluding carboxylic acids is 2. The number of nitrogens with zero attached hydrogens (tertiary/aromatic N) is 2. The Morgan fingerprint density at radius 2 is 1.91 bits per heavy atom. The van der Waals surface area contributed by atoms with Crippen LogP contribution in [-0.2, 0) is 18.3 Å². The maximum absolute atomic E-state index is 13.9. The molecule has 1 saturated carbocycles. The molecule has 186 valence electrons. The Morgan fingerprint density at radius 1 is 1.23 bits per heavy atom. The highest BCUT2D eigenvalue weighted by Gasteiger charge is 2.35. The second-order valence-electron chi connectivity index (χ2n) is 9.29. The van der Waals surface area contributed by atoms with E-state index in [-0.39, 0.29) is 34.5 Å². The fourth-order valence-electron chi connectivity index (χ4n) is 4.96. The smallest absolute Gasteiger partial charge is 0.272 e. The Labute approximate surface area is 202 Å². The first-order valence-corrected chi connectivity index (χ1v) is 11.9. The Bertz CT molecular complexity index is 1340. The third-order valence-electron chi connectivity index (χ3n) is 6.62. The van der Waals surface area contributed by atoms with E-state index in [0.717, 1.165) is 6.42 Å². The molecule has 3 aromatic rings. The van der Waals surface area contributed by atoms with Gasteiger partial charge in [-0.05, 0) is 63.4 Å². The Balaban J connectivity index is 1.91. The van der Waals surface area contributed by atoms with E-state index in [1.54, 1.807) is 23.7 Å². The van der Waals surface area contributed by atoms with Crippen LogP contribution in [0.1, 0.15) is 56.2 Å². The lowest BCUT2D eigenvalue weighted by molar-refractivity contribution is -0.122. The molecular formula is C26H31FN4O4. The highest BCUT2D eigenvalue weighted by Crippen LogP contribution is 2.33. The van der Waals surface area contributed by atoms with Crippen LogP contribution < -0.4 is 21.3 Å². The minimum absolute atomic E-state index is 0.187. The van der Waals surface area contributed by atoms with Gasteiger partial charge in [0, 0.05) is 24.5 Å². The van der Waals surface area contributed by atoms with E-state index in [1.165, 1.54) is 16.7 Å². The van der Waals surface area contributed by atoms with Crippen molar-refractivity contribution in [2.24, 2.45) is 18.7 Å². The van der Waals surface area contributed by atoms with Crippen molar-refractivity contribution in [1.82, 2.24) is 14.5 Å². The number of rotatable bonds is 7. The predicted molar refractivity (Wildman–Crippen MR) is 131 cm³/mol. The van der Waals surface area contributed by atoms with Crippen LogP contribution in [0.3, 0.4) is 0 Å². The molecule has 2 amide bonds. The Morgan fingerprint density at radius 3 is 2.51 bits per heavy atom. The van der Waals surface area contributed by atoms with Crippen LogP contribution in [-0.4, -0.2) is 33.1 Å². The van der Waals surface area contributed by atoms with Gasteiger partial charge < -0.3 is 20.4 Å². The SMILES string of the molecule is CCc1cc2c(c(OC(C)C)c(C(=O)N[C@H]3CCCC3C(N)=O)n2C)c(=O)n1-c1ccc(F)cc1. The number of amides is 2. The molecule has 1 aromatic carbocycles. The number of pyridine rings is 1. The second-order valence-corrected chi connectivity index (χ2v) is 9.29. The number of aromatic nitrogens is 2. The summed E-state index contributed by atoms with van der Waals surface area (Å²) in [5, 5.41) is 3.22. The van der Waals surface area contributed by atoms with Gasteiger partial charge in [0.05, 0.1) is 17.5 Å². The van der Waals surface area contributed by atoms with E-state index < -0.39 is 23.5 Å². The third kappa shape index (κ3) is 4.42. The predicted octanol–water partition coefficient (Wildman–Crippen LogP) is 3.20. The van der Waals surface area contributed by atoms with Crippen molar-refractivity contribution in [3.05, 3.63) is 57.9 Å². The van der Waals surface area contributed by atoms with Crippen molar-refractivity contribution in [1.29, 1.82) is 0 Å². The van der Waals surface area contributed by atoms with E-state index in [0.29, 0.717) is 36.2 Å². The number of benzene rings is 1. The zero-order valence-electron chi connectivity index (χ0n) is 20.4. The van der Waals surface area contributed by atoms with Gasteiger partial charge in [-0.15, -0.1) is 0 Å². The quantitative estimate of drug-likeness (QED) is 0.539. The second kappa shape index (κ2) is 9.56. The van der Waals surface area contributed by atoms with Crippen LogP contribution in [0.25, 0.3) is 16.6 Å². The number of halogens is 1. The number of ether oxygens (including phenoxy) is 1. The average molecular weight is 483 g/mol. The summed E-state index contributed by atoms with van der Waals surface area (Å²) in [5.74, 6) is -1.50. The summed E-state index contributed by atoms with van der Waals surface area (Å²) in [7, 11) is 1.71. The molecule has 3 N–H and O–H groups in total. The molecule has 1 aliphatic rings. The van der Waals surface area contributed by atoms with Crippen LogP contribution in [0, 0.1) is 11.7 Å². The zero-order chi connectivity index (χ0) is 25.4. The van der Waals surface area contributed by atoms with Gasteiger partial charge in [0.15, 0.2) is 11.4 Å². The van der Waals surface area contributed by atoms with Gasteiger partial charge in [-0.3, -0.25) is 19.0 Å². The summed E-state index contributed by atoms with van der Waals surface area (Å²) in [6, 6.07) is 7.18. The summed E-state index contributed by atoms with van der Waals surface area (Å²) in [6.07, 6.45) is 2.32. The first-order chi connectivity index (χ1) is 16.6. The van der Waals surface area contributed by atoms with Gasteiger partial charge >= 0.3 is 0 Å². The fraction of sp³-hybridized carbons (Fsp3) is 0.423. The average Bonchev–Trinajstić information content (AvgIpc) is 3.36. The number of nitrogens with two attached hydrogens (primary N) is 1. The van der Waals surface area contributed by atoms with E-state index in [4.69, 9.17) is 10.5 Å². The maximum Gasteiger partial charge on any atom is 0.272 e. The van der Waals surface area contributed by atoms with E-state index >= 15 is 0 Å². The normalized spacial score (nSPS) is 17.8. The summed E-state index contributed by atoms with van der Waals surface area (Å²) in [5.41, 5.74) is 7.18. The molecule has 0 saturated heterocycles. The molecule has 0 aliphatic heterocycles. The van der Waals surface area contributed by atoms with Crippen LogP contribution in [0.15, 0.2) is 35.1 Å². The van der Waals surface area contributed by atoms with Crippen molar-refractivity contribution in [2.45, 2.75) is 58.6 Å². The number of carbonyl (C=O) groups is 2. The molecule has 2 aromatic heterocycles. The highest BCUT2D eigenvalue weighted by molar-refractivity contribution is 6.04.